The molecular weight excluding hydrogens is 94.0 g/mol. The molecule has 1 heterocycles. The van der Waals surface area contributed by atoms with E-state index in [0.29, 0.717) is 0 Å². The maximum absolute atomic E-state index is 8.35. The average Bonchev–Trinajstić information content (AvgIpc) is 1.23. The molecule has 2 N–H and O–H groups in total. The second kappa shape index (κ2) is 1.78. The van der Waals surface area contributed by atoms with E-state index in [9.17, 15) is 0 Å². The summed E-state index contributed by atoms with van der Waals surface area (Å²) in [6.45, 7) is 1.66. The molecule has 1 saturated heterocycles. The van der Waals surface area contributed by atoms with Crippen LogP contribution in [0.3, 0.4) is 0 Å². The van der Waals surface area contributed by atoms with E-state index in [4.69, 9.17) is 10.2 Å². The van der Waals surface area contributed by atoms with E-state index in [0.717, 1.165) is 19.5 Å². The zero-order valence-corrected chi connectivity index (χ0v) is 4.04. The quantitative estimate of drug-likeness (QED) is 0.417. The molecular formula is C4H9NO2. The van der Waals surface area contributed by atoms with Gasteiger partial charge in [0.25, 0.3) is 0 Å². The lowest BCUT2D eigenvalue weighted by Crippen LogP contribution is -2.44. The molecule has 0 aromatic rings. The third-order valence-electron chi connectivity index (χ3n) is 1.22. The number of aliphatic hydroxyl groups is 2. The van der Waals surface area contributed by atoms with Gasteiger partial charge in [0.1, 0.15) is 0 Å². The molecule has 0 bridgehead atoms. The van der Waals surface area contributed by atoms with Gasteiger partial charge in [-0.1, -0.05) is 0 Å². The molecule has 3 nitrogen and oxygen atoms in total. The van der Waals surface area contributed by atoms with Gasteiger partial charge >= 0.3 is 0 Å². The van der Waals surface area contributed by atoms with Crippen LogP contribution in [0.15, 0.2) is 0 Å². The first kappa shape index (κ1) is 5.03. The van der Waals surface area contributed by atoms with Crippen LogP contribution in [0.25, 0.3) is 0 Å². The van der Waals surface area contributed by atoms with Crippen molar-refractivity contribution >= 4 is 0 Å². The zero-order chi connectivity index (χ0) is 5.28. The molecule has 1 fully saturated rings. The highest BCUT2D eigenvalue weighted by Gasteiger charge is 2.18. The topological polar surface area (TPSA) is 43.7 Å². The summed E-state index contributed by atoms with van der Waals surface area (Å²) in [4.78, 5) is 1.58. The molecule has 0 spiro atoms. The van der Waals surface area contributed by atoms with Crippen LogP contribution in [0.2, 0.25) is 0 Å². The predicted octanol–water partition coefficient (Wildman–Crippen LogP) is -1.04. The highest BCUT2D eigenvalue weighted by Crippen LogP contribution is 2.05. The minimum atomic E-state index is -1.21. The third kappa shape index (κ3) is 0.907. The second-order valence-electron chi connectivity index (χ2n) is 1.74. The van der Waals surface area contributed by atoms with E-state index in [1.165, 1.54) is 0 Å². The molecule has 7 heavy (non-hydrogen) atoms. The number of hydrogen-bond donors (Lipinski definition) is 2. The Kier molecular flexibility index (Phi) is 1.27. The molecule has 0 radical (unpaired) electrons. The lowest BCUT2D eigenvalue weighted by molar-refractivity contribution is -0.176. The Morgan fingerprint density at radius 2 is 1.86 bits per heavy atom. The van der Waals surface area contributed by atoms with E-state index in [2.05, 4.69) is 0 Å². The second-order valence-corrected chi connectivity index (χ2v) is 1.74. The normalized spacial score (nSPS) is 22.7. The van der Waals surface area contributed by atoms with Crippen LogP contribution in [0.4, 0.5) is 0 Å². The van der Waals surface area contributed by atoms with Crippen LogP contribution in [0.1, 0.15) is 6.42 Å². The van der Waals surface area contributed by atoms with Crippen LogP contribution in [0.5, 0.6) is 0 Å². The van der Waals surface area contributed by atoms with Gasteiger partial charge in [-0.25, -0.2) is 0 Å². The van der Waals surface area contributed by atoms with Crippen molar-refractivity contribution in [3.63, 3.8) is 0 Å². The molecule has 1 rings (SSSR count). The summed E-state index contributed by atoms with van der Waals surface area (Å²) in [5.41, 5.74) is 0. The summed E-state index contributed by atoms with van der Waals surface area (Å²) in [7, 11) is 0. The molecule has 0 aliphatic carbocycles. The van der Waals surface area contributed by atoms with Crippen LogP contribution in [-0.2, 0) is 0 Å². The number of hydrogen-bond acceptors (Lipinski definition) is 3. The van der Waals surface area contributed by atoms with Gasteiger partial charge in [-0.3, -0.25) is 4.90 Å². The summed E-state index contributed by atoms with van der Waals surface area (Å²) < 4.78 is 0. The molecule has 0 aromatic carbocycles. The molecule has 0 unspecified atom stereocenters. The van der Waals surface area contributed by atoms with Gasteiger partial charge in [-0.2, -0.15) is 0 Å². The van der Waals surface area contributed by atoms with Crippen LogP contribution in [0, 0.1) is 0 Å². The molecule has 3 heteroatoms. The fourth-order valence-corrected chi connectivity index (χ4v) is 0.572. The van der Waals surface area contributed by atoms with Crippen LogP contribution < -0.4 is 0 Å². The van der Waals surface area contributed by atoms with Crippen molar-refractivity contribution in [2.24, 2.45) is 0 Å². The van der Waals surface area contributed by atoms with Crippen molar-refractivity contribution in [1.82, 2.24) is 4.90 Å². The number of nitrogens with zero attached hydrogens (tertiary/aromatic N) is 1. The highest BCUT2D eigenvalue weighted by molar-refractivity contribution is 4.65. The Morgan fingerprint density at radius 3 is 1.86 bits per heavy atom. The predicted molar refractivity (Wildman–Crippen MR) is 24.4 cm³/mol. The SMILES string of the molecule is OC(O)N1CCC1. The van der Waals surface area contributed by atoms with Crippen molar-refractivity contribution in [3.05, 3.63) is 0 Å². The first-order chi connectivity index (χ1) is 3.30. The van der Waals surface area contributed by atoms with Gasteiger partial charge in [0.2, 0.25) is 6.41 Å². The minimum Gasteiger partial charge on any atom is -0.356 e. The maximum atomic E-state index is 8.35. The van der Waals surface area contributed by atoms with Crippen molar-refractivity contribution in [1.29, 1.82) is 0 Å². The largest absolute Gasteiger partial charge is 0.356 e. The number of rotatable bonds is 1. The Morgan fingerprint density at radius 1 is 1.29 bits per heavy atom. The van der Waals surface area contributed by atoms with Crippen molar-refractivity contribution in [2.75, 3.05) is 13.1 Å². The molecule has 0 amide bonds. The molecule has 0 atom stereocenters. The fourth-order valence-electron chi connectivity index (χ4n) is 0.572. The van der Waals surface area contributed by atoms with Gasteiger partial charge in [0.05, 0.1) is 0 Å². The maximum Gasteiger partial charge on any atom is 0.213 e. The first-order valence-electron chi connectivity index (χ1n) is 2.41. The van der Waals surface area contributed by atoms with E-state index in [1.807, 2.05) is 0 Å². The molecule has 1 aliphatic rings. The minimum absolute atomic E-state index is 0.831. The molecule has 1 aliphatic heterocycles. The first-order valence-corrected chi connectivity index (χ1v) is 2.41. The summed E-state index contributed by atoms with van der Waals surface area (Å²) in [5.74, 6) is 0. The van der Waals surface area contributed by atoms with Crippen molar-refractivity contribution < 1.29 is 10.2 Å². The van der Waals surface area contributed by atoms with E-state index < -0.39 is 6.41 Å². The van der Waals surface area contributed by atoms with E-state index >= 15 is 0 Å². The summed E-state index contributed by atoms with van der Waals surface area (Å²) in [5, 5.41) is 16.7. The number of aliphatic hydroxyl groups excluding tert-OH is 1. The van der Waals surface area contributed by atoms with Gasteiger partial charge in [0, 0.05) is 13.1 Å². The molecule has 0 saturated carbocycles. The van der Waals surface area contributed by atoms with Crippen molar-refractivity contribution in [3.8, 4) is 0 Å². The van der Waals surface area contributed by atoms with Crippen molar-refractivity contribution in [2.45, 2.75) is 12.8 Å². The Labute approximate surface area is 42.2 Å². The third-order valence-corrected chi connectivity index (χ3v) is 1.22. The summed E-state index contributed by atoms with van der Waals surface area (Å²) in [6.07, 6.45) is -0.119. The van der Waals surface area contributed by atoms with Crippen LogP contribution >= 0.6 is 0 Å². The fraction of sp³-hybridized carbons (Fsp3) is 1.00. The Bertz CT molecular complexity index is 60.7. The smallest absolute Gasteiger partial charge is 0.213 e. The van der Waals surface area contributed by atoms with Gasteiger partial charge in [-0.15, -0.1) is 0 Å². The van der Waals surface area contributed by atoms with Gasteiger partial charge in [-0.05, 0) is 6.42 Å². The highest BCUT2D eigenvalue weighted by atomic mass is 16.5. The molecule has 0 aromatic heterocycles. The van der Waals surface area contributed by atoms with Crippen LogP contribution in [-0.4, -0.2) is 34.6 Å². The lowest BCUT2D eigenvalue weighted by atomic mass is 10.2. The molecule has 42 valence electrons. The Balaban J connectivity index is 2.14. The zero-order valence-electron chi connectivity index (χ0n) is 4.04. The van der Waals surface area contributed by atoms with Gasteiger partial charge in [0.15, 0.2) is 0 Å². The van der Waals surface area contributed by atoms with Gasteiger partial charge < -0.3 is 10.2 Å². The Hall–Kier alpha value is -0.120. The van der Waals surface area contributed by atoms with E-state index in [1.54, 1.807) is 4.90 Å². The number of likely N-dealkylation sites (tertiary alicyclic amines) is 1. The summed E-state index contributed by atoms with van der Waals surface area (Å²) >= 11 is 0. The monoisotopic (exact) mass is 103 g/mol. The lowest BCUT2D eigenvalue weighted by Gasteiger charge is -2.31. The standard InChI is InChI=1S/C4H9NO2/c6-4(7)5-2-1-3-5/h4,6-7H,1-3H2. The van der Waals surface area contributed by atoms with E-state index in [-0.39, 0.29) is 0 Å². The summed E-state index contributed by atoms with van der Waals surface area (Å²) in [6, 6.07) is 0. The average molecular weight is 103 g/mol.